The molecule has 0 unspecified atom stereocenters. The third kappa shape index (κ3) is 4.70. The molecule has 2 N–H and O–H groups in total. The number of piperidine rings is 1. The molecular formula is C20H24ClFN4O2. The number of nitrogen functional groups attached to an aromatic ring is 1. The summed E-state index contributed by atoms with van der Waals surface area (Å²) < 4.78 is 19.5. The van der Waals surface area contributed by atoms with Crippen molar-refractivity contribution in [2.75, 3.05) is 18.8 Å². The standard InChI is InChI=1S/C20H24ClFN4O2/c1-20(2,3)28-19(27)26-8-6-12(7-9-26)18-16(23)11-17(24-25-18)14-10-13(21)4-5-15(14)22/h4-5,10-12H,6-9H2,1-3H3,(H2,23,24). The van der Waals surface area contributed by atoms with Crippen molar-refractivity contribution in [3.05, 3.63) is 40.8 Å². The lowest BCUT2D eigenvalue weighted by atomic mass is 9.92. The van der Waals surface area contributed by atoms with Gasteiger partial charge in [0.2, 0.25) is 0 Å². The third-order valence-electron chi connectivity index (χ3n) is 4.59. The SMILES string of the molecule is CC(C)(C)OC(=O)N1CCC(c2nnc(-c3cc(Cl)ccc3F)cc2N)CC1. The van der Waals surface area contributed by atoms with Crippen molar-refractivity contribution >= 4 is 23.4 Å². The number of nitrogens with two attached hydrogens (primary N) is 1. The zero-order valence-electron chi connectivity index (χ0n) is 16.2. The summed E-state index contributed by atoms with van der Waals surface area (Å²) in [5.74, 6) is -0.346. The van der Waals surface area contributed by atoms with Crippen molar-refractivity contribution in [1.29, 1.82) is 0 Å². The van der Waals surface area contributed by atoms with Gasteiger partial charge in [-0.1, -0.05) is 11.6 Å². The van der Waals surface area contributed by atoms with Gasteiger partial charge in [-0.2, -0.15) is 5.10 Å². The Bertz CT molecular complexity index is 877. The minimum atomic E-state index is -0.519. The Labute approximate surface area is 168 Å². The summed E-state index contributed by atoms with van der Waals surface area (Å²) in [7, 11) is 0. The maximum Gasteiger partial charge on any atom is 0.410 e. The van der Waals surface area contributed by atoms with Crippen LogP contribution in [0, 0.1) is 5.82 Å². The van der Waals surface area contributed by atoms with Gasteiger partial charge in [-0.3, -0.25) is 0 Å². The predicted octanol–water partition coefficient (Wildman–Crippen LogP) is 4.63. The number of benzene rings is 1. The number of halogens is 2. The average Bonchev–Trinajstić information content (AvgIpc) is 2.62. The van der Waals surface area contributed by atoms with Gasteiger partial charge >= 0.3 is 6.09 Å². The van der Waals surface area contributed by atoms with E-state index in [1.54, 1.807) is 11.0 Å². The molecule has 6 nitrogen and oxygen atoms in total. The van der Waals surface area contributed by atoms with Gasteiger partial charge in [0.05, 0.1) is 17.1 Å². The van der Waals surface area contributed by atoms with Gasteiger partial charge in [-0.15, -0.1) is 5.10 Å². The highest BCUT2D eigenvalue weighted by atomic mass is 35.5. The summed E-state index contributed by atoms with van der Waals surface area (Å²) in [5.41, 5.74) is 7.41. The van der Waals surface area contributed by atoms with Crippen LogP contribution in [-0.2, 0) is 4.74 Å². The number of rotatable bonds is 2. The van der Waals surface area contributed by atoms with Gasteiger partial charge in [0.15, 0.2) is 0 Å². The molecular weight excluding hydrogens is 383 g/mol. The topological polar surface area (TPSA) is 81.3 Å². The number of likely N-dealkylation sites (tertiary alicyclic amines) is 1. The number of ether oxygens (including phenoxy) is 1. The number of carbonyl (C=O) groups excluding carboxylic acids is 1. The van der Waals surface area contributed by atoms with Crippen molar-refractivity contribution in [2.45, 2.75) is 45.1 Å². The van der Waals surface area contributed by atoms with Crippen molar-refractivity contribution in [3.63, 3.8) is 0 Å². The zero-order chi connectivity index (χ0) is 20.5. The van der Waals surface area contributed by atoms with E-state index < -0.39 is 11.4 Å². The minimum Gasteiger partial charge on any atom is -0.444 e. The van der Waals surface area contributed by atoms with Gasteiger partial charge in [-0.25, -0.2) is 9.18 Å². The van der Waals surface area contributed by atoms with Crippen molar-refractivity contribution in [3.8, 4) is 11.3 Å². The van der Waals surface area contributed by atoms with Gasteiger partial charge < -0.3 is 15.4 Å². The fraction of sp³-hybridized carbons (Fsp3) is 0.450. The molecule has 28 heavy (non-hydrogen) atoms. The molecule has 2 aromatic rings. The lowest BCUT2D eigenvalue weighted by Gasteiger charge is -2.33. The second-order valence-electron chi connectivity index (χ2n) is 7.94. The lowest BCUT2D eigenvalue weighted by molar-refractivity contribution is 0.0204. The Morgan fingerprint density at radius 3 is 2.54 bits per heavy atom. The maximum absolute atomic E-state index is 14.1. The number of aromatic nitrogens is 2. The third-order valence-corrected chi connectivity index (χ3v) is 4.83. The summed E-state index contributed by atoms with van der Waals surface area (Å²) in [5, 5.41) is 8.83. The van der Waals surface area contributed by atoms with Crippen LogP contribution < -0.4 is 5.73 Å². The summed E-state index contributed by atoms with van der Waals surface area (Å²) >= 11 is 5.95. The van der Waals surface area contributed by atoms with Crippen LogP contribution in [0.3, 0.4) is 0 Å². The maximum atomic E-state index is 14.1. The number of hydrogen-bond donors (Lipinski definition) is 1. The van der Waals surface area contributed by atoms with Gasteiger partial charge in [0.1, 0.15) is 11.4 Å². The molecule has 0 aliphatic carbocycles. The van der Waals surface area contributed by atoms with E-state index in [0.717, 1.165) is 0 Å². The molecule has 0 radical (unpaired) electrons. The van der Waals surface area contributed by atoms with E-state index in [4.69, 9.17) is 22.1 Å². The smallest absolute Gasteiger partial charge is 0.410 e. The molecule has 1 aromatic carbocycles. The Morgan fingerprint density at radius 1 is 1.25 bits per heavy atom. The first-order valence-electron chi connectivity index (χ1n) is 9.20. The fourth-order valence-electron chi connectivity index (χ4n) is 3.22. The van der Waals surface area contributed by atoms with Crippen LogP contribution in [0.5, 0.6) is 0 Å². The quantitative estimate of drug-likeness (QED) is 0.786. The fourth-order valence-corrected chi connectivity index (χ4v) is 3.39. The van der Waals surface area contributed by atoms with E-state index in [9.17, 15) is 9.18 Å². The molecule has 8 heteroatoms. The normalized spacial score (nSPS) is 15.5. The van der Waals surface area contributed by atoms with E-state index in [-0.39, 0.29) is 17.6 Å². The predicted molar refractivity (Wildman–Crippen MR) is 107 cm³/mol. The molecule has 1 fully saturated rings. The van der Waals surface area contributed by atoms with Crippen LogP contribution >= 0.6 is 11.6 Å². The van der Waals surface area contributed by atoms with Gasteiger partial charge in [-0.05, 0) is 57.9 Å². The molecule has 1 saturated heterocycles. The highest BCUT2D eigenvalue weighted by Crippen LogP contribution is 2.33. The molecule has 0 spiro atoms. The number of amides is 1. The van der Waals surface area contributed by atoms with Crippen LogP contribution in [-0.4, -0.2) is 39.9 Å². The zero-order valence-corrected chi connectivity index (χ0v) is 17.0. The number of anilines is 1. The Kier molecular flexibility index (Phi) is 5.74. The second kappa shape index (κ2) is 7.91. The van der Waals surface area contributed by atoms with Crippen LogP contribution in [0.2, 0.25) is 5.02 Å². The van der Waals surface area contributed by atoms with Crippen molar-refractivity contribution in [1.82, 2.24) is 15.1 Å². The Hall–Kier alpha value is -2.41. The molecule has 0 saturated carbocycles. The molecule has 1 aliphatic heterocycles. The summed E-state index contributed by atoms with van der Waals surface area (Å²) in [6.45, 7) is 6.66. The molecule has 1 aliphatic rings. The molecule has 3 rings (SSSR count). The molecule has 2 heterocycles. The van der Waals surface area contributed by atoms with Crippen LogP contribution in [0.1, 0.15) is 45.2 Å². The van der Waals surface area contributed by atoms with Crippen LogP contribution in [0.15, 0.2) is 24.3 Å². The highest BCUT2D eigenvalue weighted by molar-refractivity contribution is 6.30. The average molecular weight is 407 g/mol. The summed E-state index contributed by atoms with van der Waals surface area (Å²) in [6.07, 6.45) is 1.11. The van der Waals surface area contributed by atoms with Crippen LogP contribution in [0.25, 0.3) is 11.3 Å². The number of nitrogens with zero attached hydrogens (tertiary/aromatic N) is 3. The second-order valence-corrected chi connectivity index (χ2v) is 8.37. The first-order valence-corrected chi connectivity index (χ1v) is 9.58. The molecule has 0 bridgehead atoms. The van der Waals surface area contributed by atoms with E-state index >= 15 is 0 Å². The minimum absolute atomic E-state index is 0.0874. The first kappa shape index (κ1) is 20.3. The van der Waals surface area contributed by atoms with E-state index in [1.807, 2.05) is 20.8 Å². The molecule has 150 valence electrons. The largest absolute Gasteiger partial charge is 0.444 e. The monoisotopic (exact) mass is 406 g/mol. The van der Waals surface area contributed by atoms with Gasteiger partial charge in [0.25, 0.3) is 0 Å². The lowest BCUT2D eigenvalue weighted by Crippen LogP contribution is -2.41. The van der Waals surface area contributed by atoms with Crippen molar-refractivity contribution < 1.29 is 13.9 Å². The van der Waals surface area contributed by atoms with E-state index in [1.165, 1.54) is 18.2 Å². The number of hydrogen-bond acceptors (Lipinski definition) is 5. The molecule has 0 atom stereocenters. The van der Waals surface area contributed by atoms with E-state index in [0.29, 0.717) is 48.0 Å². The van der Waals surface area contributed by atoms with Crippen molar-refractivity contribution in [2.24, 2.45) is 0 Å². The molecule has 1 amide bonds. The van der Waals surface area contributed by atoms with Gasteiger partial charge in [0, 0.05) is 29.6 Å². The summed E-state index contributed by atoms with van der Waals surface area (Å²) in [6, 6.07) is 5.89. The Balaban J connectivity index is 1.71. The number of carbonyl (C=O) groups is 1. The highest BCUT2D eigenvalue weighted by Gasteiger charge is 2.29. The van der Waals surface area contributed by atoms with Crippen LogP contribution in [0.4, 0.5) is 14.9 Å². The molecule has 1 aromatic heterocycles. The summed E-state index contributed by atoms with van der Waals surface area (Å²) in [4.78, 5) is 13.9. The van der Waals surface area contributed by atoms with E-state index in [2.05, 4.69) is 10.2 Å². The first-order chi connectivity index (χ1) is 13.1. The Morgan fingerprint density at radius 2 is 1.93 bits per heavy atom.